The lowest BCUT2D eigenvalue weighted by atomic mass is 10.1. The molecule has 0 radical (unpaired) electrons. The molecule has 5 heteroatoms. The van der Waals surface area contributed by atoms with Crippen molar-refractivity contribution < 1.29 is 9.13 Å². The third kappa shape index (κ3) is 4.69. The van der Waals surface area contributed by atoms with Gasteiger partial charge in [0, 0.05) is 18.2 Å². The molecule has 0 bridgehead atoms. The third-order valence-electron chi connectivity index (χ3n) is 2.71. The van der Waals surface area contributed by atoms with Gasteiger partial charge < -0.3 is 10.1 Å². The van der Waals surface area contributed by atoms with Crippen molar-refractivity contribution in [3.63, 3.8) is 0 Å². The number of nitrogens with zero attached hydrogens (tertiary/aromatic N) is 1. The number of nitrogens with one attached hydrogen (secondary N) is 1. The van der Waals surface area contributed by atoms with Gasteiger partial charge in [0.05, 0.1) is 10.7 Å². The van der Waals surface area contributed by atoms with Gasteiger partial charge in [-0.05, 0) is 39.0 Å². The van der Waals surface area contributed by atoms with E-state index in [1.54, 1.807) is 12.1 Å². The number of hydrogen-bond acceptors (Lipinski definition) is 3. The van der Waals surface area contributed by atoms with Crippen LogP contribution in [0.15, 0.2) is 36.4 Å². The summed E-state index contributed by atoms with van der Waals surface area (Å²) in [6.07, 6.45) is 0. The van der Waals surface area contributed by atoms with Gasteiger partial charge in [-0.2, -0.15) is 0 Å². The maximum Gasteiger partial charge on any atom is 0.219 e. The van der Waals surface area contributed by atoms with Gasteiger partial charge in [-0.25, -0.2) is 9.37 Å². The topological polar surface area (TPSA) is 34.1 Å². The maximum atomic E-state index is 13.8. The van der Waals surface area contributed by atoms with Crippen LogP contribution in [0, 0.1) is 5.82 Å². The molecular weight excluding hydrogens is 291 g/mol. The SMILES string of the molecule is CC(C)(C)NCc1cccc(Oc2cccc(Cl)c2F)n1. The zero-order valence-electron chi connectivity index (χ0n) is 12.3. The van der Waals surface area contributed by atoms with Crippen LogP contribution in [0.3, 0.4) is 0 Å². The van der Waals surface area contributed by atoms with E-state index < -0.39 is 5.82 Å². The first-order valence-corrected chi connectivity index (χ1v) is 7.06. The Balaban J connectivity index is 2.12. The molecule has 0 aliphatic carbocycles. The lowest BCUT2D eigenvalue weighted by molar-refractivity contribution is 0.409. The summed E-state index contributed by atoms with van der Waals surface area (Å²) < 4.78 is 19.3. The van der Waals surface area contributed by atoms with Gasteiger partial charge in [-0.15, -0.1) is 0 Å². The highest BCUT2D eigenvalue weighted by atomic mass is 35.5. The summed E-state index contributed by atoms with van der Waals surface area (Å²) in [7, 11) is 0. The molecule has 112 valence electrons. The van der Waals surface area contributed by atoms with E-state index in [4.69, 9.17) is 16.3 Å². The minimum absolute atomic E-state index is 0.00238. The van der Waals surface area contributed by atoms with Crippen LogP contribution in [-0.2, 0) is 6.54 Å². The molecule has 0 saturated carbocycles. The van der Waals surface area contributed by atoms with E-state index >= 15 is 0 Å². The molecule has 21 heavy (non-hydrogen) atoms. The lowest BCUT2D eigenvalue weighted by Gasteiger charge is -2.20. The Morgan fingerprint density at radius 1 is 1.19 bits per heavy atom. The van der Waals surface area contributed by atoms with Crippen molar-refractivity contribution in [3.05, 3.63) is 52.9 Å². The van der Waals surface area contributed by atoms with Crippen molar-refractivity contribution in [2.24, 2.45) is 0 Å². The van der Waals surface area contributed by atoms with Gasteiger partial charge >= 0.3 is 0 Å². The Morgan fingerprint density at radius 2 is 1.90 bits per heavy atom. The van der Waals surface area contributed by atoms with Crippen LogP contribution in [0.4, 0.5) is 4.39 Å². The standard InChI is InChI=1S/C16H18ClFN2O/c1-16(2,3)19-10-11-6-4-9-14(20-11)21-13-8-5-7-12(17)15(13)18/h4-9,19H,10H2,1-3H3. The van der Waals surface area contributed by atoms with E-state index in [0.29, 0.717) is 12.4 Å². The van der Waals surface area contributed by atoms with Crippen LogP contribution in [0.25, 0.3) is 0 Å². The number of ether oxygens (including phenoxy) is 1. The van der Waals surface area contributed by atoms with Gasteiger partial charge in [-0.3, -0.25) is 0 Å². The first-order valence-electron chi connectivity index (χ1n) is 6.68. The molecule has 2 rings (SSSR count). The second kappa shape index (κ2) is 6.41. The normalized spacial score (nSPS) is 11.5. The minimum Gasteiger partial charge on any atom is -0.436 e. The van der Waals surface area contributed by atoms with Crippen LogP contribution in [0.5, 0.6) is 11.6 Å². The van der Waals surface area contributed by atoms with E-state index in [9.17, 15) is 4.39 Å². The number of aromatic nitrogens is 1. The van der Waals surface area contributed by atoms with E-state index in [0.717, 1.165) is 5.69 Å². The second-order valence-corrected chi connectivity index (χ2v) is 6.13. The maximum absolute atomic E-state index is 13.8. The number of pyridine rings is 1. The largest absolute Gasteiger partial charge is 0.436 e. The summed E-state index contributed by atoms with van der Waals surface area (Å²) in [6, 6.07) is 10.0. The highest BCUT2D eigenvalue weighted by Gasteiger charge is 2.11. The highest BCUT2D eigenvalue weighted by molar-refractivity contribution is 6.30. The predicted octanol–water partition coefficient (Wildman–Crippen LogP) is 4.55. The van der Waals surface area contributed by atoms with E-state index in [2.05, 4.69) is 31.1 Å². The van der Waals surface area contributed by atoms with Gasteiger partial charge in [0.1, 0.15) is 0 Å². The molecule has 0 amide bonds. The molecule has 1 N–H and O–H groups in total. The number of hydrogen-bond donors (Lipinski definition) is 1. The lowest BCUT2D eigenvalue weighted by Crippen LogP contribution is -2.35. The summed E-state index contributed by atoms with van der Waals surface area (Å²) >= 11 is 5.73. The predicted molar refractivity (Wildman–Crippen MR) is 82.3 cm³/mol. The number of rotatable bonds is 4. The van der Waals surface area contributed by atoms with Crippen molar-refractivity contribution in [2.45, 2.75) is 32.9 Å². The number of halogens is 2. The molecule has 0 unspecified atom stereocenters. The fourth-order valence-corrected chi connectivity index (χ4v) is 1.81. The van der Waals surface area contributed by atoms with Crippen molar-refractivity contribution >= 4 is 11.6 Å². The second-order valence-electron chi connectivity index (χ2n) is 5.72. The molecular formula is C16H18ClFN2O. The molecule has 1 aromatic heterocycles. The Kier molecular flexibility index (Phi) is 4.80. The average molecular weight is 309 g/mol. The van der Waals surface area contributed by atoms with Crippen LogP contribution in [0.1, 0.15) is 26.5 Å². The molecule has 0 spiro atoms. The Bertz CT molecular complexity index is 626. The Labute approximate surface area is 129 Å². The molecule has 0 saturated heterocycles. The minimum atomic E-state index is -0.584. The number of benzene rings is 1. The van der Waals surface area contributed by atoms with Crippen molar-refractivity contribution in [1.82, 2.24) is 10.3 Å². The Morgan fingerprint density at radius 3 is 2.62 bits per heavy atom. The molecule has 0 fully saturated rings. The quantitative estimate of drug-likeness (QED) is 0.899. The molecule has 1 heterocycles. The highest BCUT2D eigenvalue weighted by Crippen LogP contribution is 2.27. The summed E-state index contributed by atoms with van der Waals surface area (Å²) in [5.41, 5.74) is 0.822. The van der Waals surface area contributed by atoms with Crippen molar-refractivity contribution in [1.29, 1.82) is 0 Å². The van der Waals surface area contributed by atoms with Crippen molar-refractivity contribution in [2.75, 3.05) is 0 Å². The van der Waals surface area contributed by atoms with Gasteiger partial charge in [0.25, 0.3) is 0 Å². The average Bonchev–Trinajstić information content (AvgIpc) is 2.41. The molecule has 0 aliphatic rings. The molecule has 2 aromatic rings. The fraction of sp³-hybridized carbons (Fsp3) is 0.312. The van der Waals surface area contributed by atoms with Crippen LogP contribution >= 0.6 is 11.6 Å². The van der Waals surface area contributed by atoms with Gasteiger partial charge in [0.15, 0.2) is 11.6 Å². The van der Waals surface area contributed by atoms with Crippen LogP contribution < -0.4 is 10.1 Å². The summed E-state index contributed by atoms with van der Waals surface area (Å²) in [6.45, 7) is 6.84. The van der Waals surface area contributed by atoms with E-state index in [1.807, 2.05) is 12.1 Å². The zero-order valence-corrected chi connectivity index (χ0v) is 13.0. The monoisotopic (exact) mass is 308 g/mol. The Hall–Kier alpha value is -1.65. The molecule has 3 nitrogen and oxygen atoms in total. The summed E-state index contributed by atoms with van der Waals surface area (Å²) in [5.74, 6) is -0.181. The van der Waals surface area contributed by atoms with Gasteiger partial charge in [-0.1, -0.05) is 23.7 Å². The van der Waals surface area contributed by atoms with Crippen LogP contribution in [-0.4, -0.2) is 10.5 Å². The van der Waals surface area contributed by atoms with E-state index in [-0.39, 0.29) is 16.3 Å². The van der Waals surface area contributed by atoms with Crippen molar-refractivity contribution in [3.8, 4) is 11.6 Å². The summed E-state index contributed by atoms with van der Waals surface area (Å²) in [4.78, 5) is 4.35. The zero-order chi connectivity index (χ0) is 15.5. The fourth-order valence-electron chi connectivity index (χ4n) is 1.64. The molecule has 0 atom stereocenters. The first-order chi connectivity index (χ1) is 9.85. The smallest absolute Gasteiger partial charge is 0.219 e. The van der Waals surface area contributed by atoms with Crippen LogP contribution in [0.2, 0.25) is 5.02 Å². The summed E-state index contributed by atoms with van der Waals surface area (Å²) in [5, 5.41) is 3.36. The van der Waals surface area contributed by atoms with Gasteiger partial charge in [0.2, 0.25) is 5.88 Å². The van der Waals surface area contributed by atoms with E-state index in [1.165, 1.54) is 12.1 Å². The first kappa shape index (κ1) is 15.7. The third-order valence-corrected chi connectivity index (χ3v) is 3.00. The molecule has 0 aliphatic heterocycles. The molecule has 1 aromatic carbocycles.